The Morgan fingerprint density at radius 3 is 2.50 bits per heavy atom. The molecule has 0 fully saturated rings. The van der Waals surface area contributed by atoms with E-state index < -0.39 is 0 Å². The molecule has 0 aliphatic carbocycles. The van der Waals surface area contributed by atoms with Crippen molar-refractivity contribution in [2.24, 2.45) is 5.73 Å². The van der Waals surface area contributed by atoms with Crippen molar-refractivity contribution in [3.05, 3.63) is 56.5 Å². The van der Waals surface area contributed by atoms with Gasteiger partial charge in [0, 0.05) is 20.3 Å². The molecule has 0 aliphatic rings. The van der Waals surface area contributed by atoms with E-state index in [1.54, 1.807) is 11.8 Å². The van der Waals surface area contributed by atoms with Gasteiger partial charge in [-0.05, 0) is 65.2 Å². The first-order valence-electron chi connectivity index (χ1n) is 6.12. The van der Waals surface area contributed by atoms with Gasteiger partial charge in [0.2, 0.25) is 0 Å². The van der Waals surface area contributed by atoms with Gasteiger partial charge in [0.1, 0.15) is 0 Å². The van der Waals surface area contributed by atoms with Gasteiger partial charge in [-0.25, -0.2) is 0 Å². The number of halogens is 3. The Bertz CT molecular complexity index is 617. The van der Waals surface area contributed by atoms with E-state index >= 15 is 0 Å². The van der Waals surface area contributed by atoms with Crippen molar-refractivity contribution in [1.82, 2.24) is 0 Å². The third-order valence-corrected chi connectivity index (χ3v) is 5.40. The molecule has 1 unspecified atom stereocenters. The Balaban J connectivity index is 2.19. The van der Waals surface area contributed by atoms with Crippen LogP contribution in [0.5, 0.6) is 0 Å². The van der Waals surface area contributed by atoms with E-state index in [-0.39, 0.29) is 6.04 Å². The molecule has 0 amide bonds. The van der Waals surface area contributed by atoms with Crippen molar-refractivity contribution in [3.63, 3.8) is 0 Å². The van der Waals surface area contributed by atoms with Crippen molar-refractivity contribution in [2.45, 2.75) is 29.2 Å². The lowest BCUT2D eigenvalue weighted by Crippen LogP contribution is -2.17. The zero-order valence-electron chi connectivity index (χ0n) is 10.9. The van der Waals surface area contributed by atoms with E-state index in [1.165, 1.54) is 5.56 Å². The Morgan fingerprint density at radius 2 is 1.90 bits per heavy atom. The molecule has 0 bridgehead atoms. The van der Waals surface area contributed by atoms with E-state index in [9.17, 15) is 0 Å². The molecule has 1 atom stereocenters. The molecule has 0 aromatic heterocycles. The lowest BCUT2D eigenvalue weighted by molar-refractivity contribution is 0.737. The zero-order chi connectivity index (χ0) is 14.7. The van der Waals surface area contributed by atoms with Crippen molar-refractivity contribution >= 4 is 50.9 Å². The topological polar surface area (TPSA) is 26.0 Å². The molecule has 2 N–H and O–H groups in total. The number of benzene rings is 2. The predicted molar refractivity (Wildman–Crippen MR) is 92.1 cm³/mol. The maximum Gasteiger partial charge on any atom is 0.0603 e. The maximum atomic E-state index is 6.03. The van der Waals surface area contributed by atoms with E-state index in [1.807, 2.05) is 25.1 Å². The maximum absolute atomic E-state index is 6.03. The largest absolute Gasteiger partial charge is 0.328 e. The summed E-state index contributed by atoms with van der Waals surface area (Å²) in [5.74, 6) is 0. The summed E-state index contributed by atoms with van der Waals surface area (Å²) in [6.07, 6.45) is 0.871. The van der Waals surface area contributed by atoms with E-state index in [2.05, 4.69) is 34.1 Å². The molecule has 0 saturated heterocycles. The van der Waals surface area contributed by atoms with Gasteiger partial charge in [0.05, 0.1) is 10.0 Å². The summed E-state index contributed by atoms with van der Waals surface area (Å²) in [5, 5.41) is 1.14. The summed E-state index contributed by atoms with van der Waals surface area (Å²) in [6, 6.07) is 12.1. The fourth-order valence-corrected chi connectivity index (χ4v) is 3.68. The summed E-state index contributed by atoms with van der Waals surface area (Å²) in [6.45, 7) is 2.01. The Kier molecular flexibility index (Phi) is 5.82. The van der Waals surface area contributed by atoms with Crippen LogP contribution >= 0.6 is 50.9 Å². The van der Waals surface area contributed by atoms with Crippen molar-refractivity contribution in [2.75, 3.05) is 0 Å². The van der Waals surface area contributed by atoms with Crippen LogP contribution in [0, 0.1) is 0 Å². The summed E-state index contributed by atoms with van der Waals surface area (Å²) in [5.41, 5.74) is 7.05. The van der Waals surface area contributed by atoms with Gasteiger partial charge < -0.3 is 5.73 Å². The molecule has 2 aromatic carbocycles. The normalized spacial score (nSPS) is 12.4. The predicted octanol–water partition coefficient (Wildman–Crippen LogP) is 5.80. The second-order valence-electron chi connectivity index (χ2n) is 4.62. The molecule has 0 saturated carbocycles. The van der Waals surface area contributed by atoms with Crippen LogP contribution in [-0.2, 0) is 6.42 Å². The highest BCUT2D eigenvalue weighted by atomic mass is 79.9. The molecule has 20 heavy (non-hydrogen) atoms. The third-order valence-electron chi connectivity index (χ3n) is 2.67. The number of rotatable bonds is 4. The fourth-order valence-electron chi connectivity index (χ4n) is 1.79. The van der Waals surface area contributed by atoms with Gasteiger partial charge in [0.25, 0.3) is 0 Å². The monoisotopic (exact) mass is 389 g/mol. The number of hydrogen-bond donors (Lipinski definition) is 1. The van der Waals surface area contributed by atoms with Gasteiger partial charge in [0.15, 0.2) is 0 Å². The molecule has 1 nitrogen and oxygen atoms in total. The summed E-state index contributed by atoms with van der Waals surface area (Å²) in [4.78, 5) is 2.19. The van der Waals surface area contributed by atoms with E-state index in [0.29, 0.717) is 10.0 Å². The summed E-state index contributed by atoms with van der Waals surface area (Å²) < 4.78 is 1.06. The molecule has 2 rings (SSSR count). The molecule has 0 aliphatic heterocycles. The minimum Gasteiger partial charge on any atom is -0.328 e. The highest BCUT2D eigenvalue weighted by Gasteiger charge is 2.07. The molecule has 2 aromatic rings. The van der Waals surface area contributed by atoms with Gasteiger partial charge in [-0.2, -0.15) is 0 Å². The van der Waals surface area contributed by atoms with Crippen LogP contribution in [0.25, 0.3) is 0 Å². The molecule has 5 heteroatoms. The average molecular weight is 391 g/mol. The van der Waals surface area contributed by atoms with E-state index in [4.69, 9.17) is 28.9 Å². The SMILES string of the molecule is CC(N)Cc1ccc(Sc2ccc(Cl)c(Cl)c2)c(Br)c1. The van der Waals surface area contributed by atoms with Crippen molar-refractivity contribution in [1.29, 1.82) is 0 Å². The molecule has 0 heterocycles. The Hall–Kier alpha value is -0.190. The summed E-state index contributed by atoms with van der Waals surface area (Å²) >= 11 is 17.2. The quantitative estimate of drug-likeness (QED) is 0.713. The first kappa shape index (κ1) is 16.2. The van der Waals surface area contributed by atoms with Crippen LogP contribution in [0.3, 0.4) is 0 Å². The van der Waals surface area contributed by atoms with Gasteiger partial charge in [-0.1, -0.05) is 41.0 Å². The highest BCUT2D eigenvalue weighted by Crippen LogP contribution is 2.36. The zero-order valence-corrected chi connectivity index (χ0v) is 14.8. The van der Waals surface area contributed by atoms with Crippen LogP contribution in [-0.4, -0.2) is 6.04 Å². The third kappa shape index (κ3) is 4.40. The summed E-state index contributed by atoms with van der Waals surface area (Å²) in [7, 11) is 0. The first-order chi connectivity index (χ1) is 9.45. The first-order valence-corrected chi connectivity index (χ1v) is 8.49. The standard InChI is InChI=1S/C15H14BrCl2NS/c1-9(19)6-10-2-5-15(12(16)7-10)20-11-3-4-13(17)14(18)8-11/h2-5,7-9H,6,19H2,1H3. The lowest BCUT2D eigenvalue weighted by Gasteiger charge is -2.09. The Morgan fingerprint density at radius 1 is 1.15 bits per heavy atom. The number of nitrogens with two attached hydrogens (primary N) is 1. The fraction of sp³-hybridized carbons (Fsp3) is 0.200. The molecular formula is C15H14BrCl2NS. The minimum atomic E-state index is 0.162. The highest BCUT2D eigenvalue weighted by molar-refractivity contribution is 9.10. The molecule has 0 spiro atoms. The van der Waals surface area contributed by atoms with Gasteiger partial charge in [-0.15, -0.1) is 0 Å². The lowest BCUT2D eigenvalue weighted by atomic mass is 10.1. The molecular weight excluding hydrogens is 377 g/mol. The van der Waals surface area contributed by atoms with E-state index in [0.717, 1.165) is 20.7 Å². The minimum absolute atomic E-state index is 0.162. The number of hydrogen-bond acceptors (Lipinski definition) is 2. The second-order valence-corrected chi connectivity index (χ2v) is 7.41. The second kappa shape index (κ2) is 7.19. The smallest absolute Gasteiger partial charge is 0.0603 e. The van der Waals surface area contributed by atoms with Crippen molar-refractivity contribution < 1.29 is 0 Å². The van der Waals surface area contributed by atoms with Crippen LogP contribution < -0.4 is 5.73 Å². The van der Waals surface area contributed by atoms with Crippen molar-refractivity contribution in [3.8, 4) is 0 Å². The average Bonchev–Trinajstić information content (AvgIpc) is 2.36. The van der Waals surface area contributed by atoms with Crippen LogP contribution in [0.1, 0.15) is 12.5 Å². The van der Waals surface area contributed by atoms with Crippen LogP contribution in [0.2, 0.25) is 10.0 Å². The van der Waals surface area contributed by atoms with Gasteiger partial charge in [-0.3, -0.25) is 0 Å². The Labute approximate surface area is 142 Å². The van der Waals surface area contributed by atoms with Crippen LogP contribution in [0.4, 0.5) is 0 Å². The van der Waals surface area contributed by atoms with Crippen LogP contribution in [0.15, 0.2) is 50.7 Å². The molecule has 106 valence electrons. The van der Waals surface area contributed by atoms with Gasteiger partial charge >= 0.3 is 0 Å². The molecule has 0 radical (unpaired) electrons.